The van der Waals surface area contributed by atoms with Crippen molar-refractivity contribution in [3.63, 3.8) is 0 Å². The number of hydrogen-bond donors (Lipinski definition) is 2. The summed E-state index contributed by atoms with van der Waals surface area (Å²) in [4.78, 5) is 35.2. The van der Waals surface area contributed by atoms with Crippen LogP contribution in [0.4, 0.5) is 4.79 Å². The molecule has 2 amide bonds. The lowest BCUT2D eigenvalue weighted by molar-refractivity contribution is -0.138. The van der Waals surface area contributed by atoms with Crippen molar-refractivity contribution in [3.8, 4) is 5.75 Å². The lowest BCUT2D eigenvalue weighted by atomic mass is 10.1. The highest BCUT2D eigenvalue weighted by Gasteiger charge is 2.24. The fourth-order valence-electron chi connectivity index (χ4n) is 2.65. The van der Waals surface area contributed by atoms with E-state index in [1.54, 1.807) is 19.9 Å². The summed E-state index contributed by atoms with van der Waals surface area (Å²) in [5.74, 6) is -0.295. The molecule has 1 aliphatic heterocycles. The van der Waals surface area contributed by atoms with Crippen LogP contribution in [-0.2, 0) is 9.53 Å². The van der Waals surface area contributed by atoms with Gasteiger partial charge in [-0.15, -0.1) is 0 Å². The number of esters is 1. The van der Waals surface area contributed by atoms with Crippen LogP contribution in [0.1, 0.15) is 12.5 Å². The Labute approximate surface area is 159 Å². The average Bonchev–Trinajstić information content (AvgIpc) is 2.61. The third-order valence-electron chi connectivity index (χ3n) is 3.95. The van der Waals surface area contributed by atoms with E-state index in [9.17, 15) is 14.4 Å². The van der Waals surface area contributed by atoms with Crippen LogP contribution < -0.4 is 21.0 Å². The first-order valence-electron chi connectivity index (χ1n) is 8.20. The molecule has 2 aromatic rings. The number of rotatable bonds is 5. The van der Waals surface area contributed by atoms with Gasteiger partial charge in [0.1, 0.15) is 17.9 Å². The van der Waals surface area contributed by atoms with E-state index in [-0.39, 0.29) is 36.8 Å². The number of fused-ring (bicyclic) bond motifs is 1. The summed E-state index contributed by atoms with van der Waals surface area (Å²) >= 11 is 6.26. The quantitative estimate of drug-likeness (QED) is 0.597. The maximum Gasteiger partial charge on any atom is 0.337 e. The number of halogens is 1. The van der Waals surface area contributed by atoms with Crippen molar-refractivity contribution < 1.29 is 23.5 Å². The summed E-state index contributed by atoms with van der Waals surface area (Å²) in [6, 6.07) is 4.05. The molecule has 1 aromatic heterocycles. The first kappa shape index (κ1) is 18.8. The van der Waals surface area contributed by atoms with Crippen molar-refractivity contribution in [2.45, 2.75) is 13.8 Å². The Balaban J connectivity index is 1.90. The second kappa shape index (κ2) is 7.71. The minimum atomic E-state index is -0.546. The number of carbonyl (C=O) groups excluding carboxylic acids is 2. The molecule has 2 N–H and O–H groups in total. The monoisotopic (exact) mass is 392 g/mol. The number of aryl methyl sites for hydroxylation is 1. The summed E-state index contributed by atoms with van der Waals surface area (Å²) < 4.78 is 15.8. The zero-order valence-electron chi connectivity index (χ0n) is 14.7. The minimum Gasteiger partial charge on any atom is -0.486 e. The molecule has 0 atom stereocenters. The zero-order valence-corrected chi connectivity index (χ0v) is 15.4. The second-order valence-electron chi connectivity index (χ2n) is 5.80. The van der Waals surface area contributed by atoms with E-state index in [1.807, 2.05) is 0 Å². The van der Waals surface area contributed by atoms with Crippen molar-refractivity contribution in [2.24, 2.45) is 0 Å². The number of nitrogens with one attached hydrogen (secondary N) is 2. The van der Waals surface area contributed by atoms with E-state index < -0.39 is 17.6 Å². The Morgan fingerprint density at radius 2 is 2.07 bits per heavy atom. The summed E-state index contributed by atoms with van der Waals surface area (Å²) in [7, 11) is 0. The second-order valence-corrected chi connectivity index (χ2v) is 6.21. The van der Waals surface area contributed by atoms with E-state index in [2.05, 4.69) is 10.6 Å². The van der Waals surface area contributed by atoms with Gasteiger partial charge in [-0.05, 0) is 25.5 Å². The standard InChI is InChI=1S/C18H17ClN2O6/c1-3-25-17(23)11-7-20-18(24)21-13(11)8-26-15-6-14-10(5-12(15)19)9(2)4-16(22)27-14/h4-6H,3,7-8H2,1-2H3,(H2,20,21,24). The van der Waals surface area contributed by atoms with Crippen molar-refractivity contribution in [2.75, 3.05) is 19.8 Å². The Kier molecular flexibility index (Phi) is 5.36. The highest BCUT2D eigenvalue weighted by Crippen LogP contribution is 2.31. The average molecular weight is 393 g/mol. The summed E-state index contributed by atoms with van der Waals surface area (Å²) in [6.07, 6.45) is 0. The summed E-state index contributed by atoms with van der Waals surface area (Å²) in [6.45, 7) is 3.58. The summed E-state index contributed by atoms with van der Waals surface area (Å²) in [5.41, 5.74) is 1.11. The van der Waals surface area contributed by atoms with Crippen molar-refractivity contribution >= 4 is 34.6 Å². The van der Waals surface area contributed by atoms with Gasteiger partial charge in [-0.1, -0.05) is 11.6 Å². The molecule has 0 bridgehead atoms. The van der Waals surface area contributed by atoms with E-state index in [0.29, 0.717) is 16.0 Å². The van der Waals surface area contributed by atoms with Gasteiger partial charge in [-0.3, -0.25) is 0 Å². The van der Waals surface area contributed by atoms with Gasteiger partial charge in [0.05, 0.1) is 29.4 Å². The van der Waals surface area contributed by atoms with E-state index in [4.69, 9.17) is 25.5 Å². The zero-order chi connectivity index (χ0) is 19.6. The van der Waals surface area contributed by atoms with Crippen LogP contribution in [0.3, 0.4) is 0 Å². The van der Waals surface area contributed by atoms with E-state index >= 15 is 0 Å². The SMILES string of the molecule is CCOC(=O)C1=C(COc2cc3oc(=O)cc(C)c3cc2Cl)NC(=O)NC1. The maximum atomic E-state index is 12.0. The molecule has 0 saturated carbocycles. The molecule has 1 aromatic carbocycles. The lowest BCUT2D eigenvalue weighted by Crippen LogP contribution is -2.45. The molecule has 142 valence electrons. The molecular weight excluding hydrogens is 376 g/mol. The summed E-state index contributed by atoms with van der Waals surface area (Å²) in [5, 5.41) is 6.04. The fourth-order valence-corrected chi connectivity index (χ4v) is 2.87. The molecule has 1 aliphatic rings. The molecule has 3 rings (SSSR count). The van der Waals surface area contributed by atoms with Crippen LogP contribution in [0, 0.1) is 6.92 Å². The first-order chi connectivity index (χ1) is 12.9. The largest absolute Gasteiger partial charge is 0.486 e. The third kappa shape index (κ3) is 4.06. The molecule has 2 heterocycles. The van der Waals surface area contributed by atoms with Crippen LogP contribution in [0.5, 0.6) is 5.75 Å². The molecule has 0 aliphatic carbocycles. The Bertz CT molecular complexity index is 1010. The van der Waals surface area contributed by atoms with Crippen molar-refractivity contribution in [3.05, 3.63) is 50.5 Å². The third-order valence-corrected chi connectivity index (χ3v) is 4.25. The van der Waals surface area contributed by atoms with Gasteiger partial charge >= 0.3 is 17.6 Å². The lowest BCUT2D eigenvalue weighted by Gasteiger charge is -2.21. The Morgan fingerprint density at radius 1 is 1.30 bits per heavy atom. The van der Waals surface area contributed by atoms with Gasteiger partial charge < -0.3 is 24.5 Å². The molecule has 0 spiro atoms. The van der Waals surface area contributed by atoms with E-state index in [1.165, 1.54) is 12.1 Å². The molecule has 8 nitrogen and oxygen atoms in total. The molecule has 0 fully saturated rings. The number of ether oxygens (including phenoxy) is 2. The van der Waals surface area contributed by atoms with Gasteiger partial charge in [0.2, 0.25) is 0 Å². The molecule has 0 saturated heterocycles. The molecule has 27 heavy (non-hydrogen) atoms. The smallest absolute Gasteiger partial charge is 0.337 e. The van der Waals surface area contributed by atoms with Crippen LogP contribution >= 0.6 is 11.6 Å². The van der Waals surface area contributed by atoms with Gasteiger partial charge in [-0.25, -0.2) is 14.4 Å². The fraction of sp³-hybridized carbons (Fsp3) is 0.278. The number of hydrogen-bond acceptors (Lipinski definition) is 6. The topological polar surface area (TPSA) is 107 Å². The highest BCUT2D eigenvalue weighted by molar-refractivity contribution is 6.32. The number of amides is 2. The van der Waals surface area contributed by atoms with E-state index in [0.717, 1.165) is 5.56 Å². The van der Waals surface area contributed by atoms with Gasteiger partial charge in [0.25, 0.3) is 0 Å². The van der Waals surface area contributed by atoms with Crippen LogP contribution in [0.2, 0.25) is 5.02 Å². The molecule has 9 heteroatoms. The number of benzene rings is 1. The van der Waals surface area contributed by atoms with Gasteiger partial charge in [0.15, 0.2) is 0 Å². The van der Waals surface area contributed by atoms with Crippen molar-refractivity contribution in [1.29, 1.82) is 0 Å². The molecular formula is C18H17ClN2O6. The first-order valence-corrected chi connectivity index (χ1v) is 8.57. The predicted molar refractivity (Wildman–Crippen MR) is 97.9 cm³/mol. The number of carbonyl (C=O) groups is 2. The van der Waals surface area contributed by atoms with Crippen LogP contribution in [-0.4, -0.2) is 31.8 Å². The van der Waals surface area contributed by atoms with Crippen LogP contribution in [0.15, 0.2) is 38.7 Å². The van der Waals surface area contributed by atoms with Crippen molar-refractivity contribution in [1.82, 2.24) is 10.6 Å². The predicted octanol–water partition coefficient (Wildman–Crippen LogP) is 2.26. The van der Waals surface area contributed by atoms with Gasteiger partial charge in [-0.2, -0.15) is 0 Å². The molecule has 0 radical (unpaired) electrons. The highest BCUT2D eigenvalue weighted by atomic mass is 35.5. The van der Waals surface area contributed by atoms with Crippen LogP contribution in [0.25, 0.3) is 11.0 Å². The normalized spacial score (nSPS) is 14.0. The minimum absolute atomic E-state index is 0.0306. The Morgan fingerprint density at radius 3 is 2.81 bits per heavy atom. The Hall–Kier alpha value is -3.00. The maximum absolute atomic E-state index is 12.0. The number of urea groups is 1. The molecule has 0 unspecified atom stereocenters. The van der Waals surface area contributed by atoms with Gasteiger partial charge in [0, 0.05) is 17.5 Å².